The molecule has 20 heteroatoms. The summed E-state index contributed by atoms with van der Waals surface area (Å²) in [5, 5.41) is 0. The van der Waals surface area contributed by atoms with Crippen molar-refractivity contribution in [3.63, 3.8) is 0 Å². The Kier molecular flexibility index (Phi) is 12.6. The largest absolute Gasteiger partial charge is 0.134 e. The summed E-state index contributed by atoms with van der Waals surface area (Å²) < 4.78 is 266. The summed E-state index contributed by atoms with van der Waals surface area (Å²) in [4.78, 5) is 0. The number of benzene rings is 7. The molecule has 1 aliphatic rings. The molecule has 7 aromatic carbocycles. The zero-order chi connectivity index (χ0) is 47.6. The van der Waals surface area contributed by atoms with Crippen LogP contribution in [-0.2, 0) is 0 Å². The van der Waals surface area contributed by atoms with Crippen LogP contribution in [0.3, 0.4) is 0 Å². The molecule has 2 atom stereocenters. The molecule has 0 aromatic heterocycles. The summed E-state index contributed by atoms with van der Waals surface area (Å²) in [5.74, 6) is -60.7. The van der Waals surface area contributed by atoms with E-state index in [2.05, 4.69) is 91.0 Å². The Morgan fingerprint density at radius 3 is 0.862 bits per heavy atom. The minimum absolute atomic E-state index is 0.524. The predicted molar refractivity (Wildman–Crippen MR) is 196 cm³/mol. The van der Waals surface area contributed by atoms with Crippen molar-refractivity contribution in [2.24, 2.45) is 0 Å². The molecule has 0 amide bonds. The van der Waals surface area contributed by atoms with Crippen LogP contribution in [0.5, 0.6) is 0 Å². The van der Waals surface area contributed by atoms with E-state index in [1.807, 2.05) is 0 Å². The van der Waals surface area contributed by atoms with Gasteiger partial charge in [0.25, 0.3) is 0 Å². The maximum Gasteiger partial charge on any atom is 0.134 e. The van der Waals surface area contributed by atoms with Crippen molar-refractivity contribution < 1.29 is 83.4 Å². The second-order valence-corrected chi connectivity index (χ2v) is 22.9. The number of rotatable bonds is 7. The Morgan fingerprint density at radius 1 is 0.292 bits per heavy atom. The monoisotopic (exact) mass is 988 g/mol. The van der Waals surface area contributed by atoms with E-state index in [0.29, 0.717) is 11.8 Å². The minimum atomic E-state index is -9.30. The average Bonchev–Trinajstić information content (AvgIpc) is 4.07. The SMILES string of the molecule is Fc1c[c]([Ga-]([c]2c(F)c(F)c(F)c(F)c2F)([c]2c(F)c(F)c(F)c(F)c2F)[c]2c(F)c(F)c(F)c(F)c2F)c(F)c(F)c1F.c1ccc([C+]2C(c3ccccc3)C2c2ccccc2)cc1. The molecule has 7 aromatic rings. The van der Waals surface area contributed by atoms with E-state index in [1.54, 1.807) is 5.92 Å². The van der Waals surface area contributed by atoms with Crippen LogP contribution >= 0.6 is 0 Å². The molecule has 1 saturated carbocycles. The summed E-state index contributed by atoms with van der Waals surface area (Å²) in [6, 6.07) is 31.5. The average molecular weight is 989 g/mol. The molecule has 0 nitrogen and oxygen atoms in total. The molecule has 8 rings (SSSR count). The van der Waals surface area contributed by atoms with Crippen LogP contribution in [0, 0.1) is 116 Å². The molecule has 0 radical (unpaired) electrons. The van der Waals surface area contributed by atoms with Gasteiger partial charge in [-0.3, -0.25) is 0 Å². The van der Waals surface area contributed by atoms with Crippen molar-refractivity contribution in [1.29, 1.82) is 0 Å². The van der Waals surface area contributed by atoms with Gasteiger partial charge in [0, 0.05) is 12.1 Å². The Morgan fingerprint density at radius 2 is 0.554 bits per heavy atom. The van der Waals surface area contributed by atoms with E-state index in [-0.39, 0.29) is 0 Å². The molecule has 0 N–H and O–H groups in total. The first-order valence-electron chi connectivity index (χ1n) is 18.3. The molecule has 0 saturated heterocycles. The van der Waals surface area contributed by atoms with Crippen LogP contribution in [0.4, 0.5) is 83.4 Å². The standard InChI is InChI=1S/C21H17.3C6F5.C6HF4.Ga/c1-4-10-16(11-5-1)19-20(17-12-6-2-7-13-17)21(19)18-14-8-3-9-15-18;3*7-2-1-3(8)5(10)6(11)4(2)9;7-3-1-2-4(8)6(10)5(3)9;/h1-15,19-20H;;;;1H;/q+1;;;;;-1. The second-order valence-electron chi connectivity index (χ2n) is 14.3. The normalized spacial score (nSPS) is 14.7. The molecular weight excluding hydrogens is 971 g/mol. The molecule has 1 aliphatic carbocycles. The Hall–Kier alpha value is -6.28. The van der Waals surface area contributed by atoms with E-state index >= 15 is 30.7 Å². The van der Waals surface area contributed by atoms with Gasteiger partial charge in [-0.2, -0.15) is 0 Å². The first-order chi connectivity index (χ1) is 30.7. The van der Waals surface area contributed by atoms with Gasteiger partial charge in [-0.1, -0.05) is 60.7 Å². The topological polar surface area (TPSA) is 0 Å². The van der Waals surface area contributed by atoms with Crippen molar-refractivity contribution in [1.82, 2.24) is 0 Å². The van der Waals surface area contributed by atoms with E-state index in [9.17, 15) is 52.7 Å². The van der Waals surface area contributed by atoms with Gasteiger partial charge in [-0.25, -0.2) is 0 Å². The van der Waals surface area contributed by atoms with Gasteiger partial charge in [0.1, 0.15) is 5.56 Å². The summed E-state index contributed by atoms with van der Waals surface area (Å²) in [5.41, 5.74) is 4.22. The predicted octanol–water partition coefficient (Wildman–Crippen LogP) is 10.9. The van der Waals surface area contributed by atoms with Gasteiger partial charge in [-0.15, -0.1) is 0 Å². The van der Waals surface area contributed by atoms with Crippen LogP contribution in [0.2, 0.25) is 0 Å². The van der Waals surface area contributed by atoms with Gasteiger partial charge in [-0.05, 0) is 29.3 Å². The van der Waals surface area contributed by atoms with Crippen LogP contribution in [-0.4, -0.2) is 15.0 Å². The Balaban J connectivity index is 0.000000247. The second kappa shape index (κ2) is 17.6. The van der Waals surface area contributed by atoms with Gasteiger partial charge in [0.05, 0.1) is 17.8 Å². The first-order valence-corrected chi connectivity index (χ1v) is 23.1. The van der Waals surface area contributed by atoms with Crippen molar-refractivity contribution in [3.8, 4) is 0 Å². The summed E-state index contributed by atoms with van der Waals surface area (Å²) in [6.45, 7) is 0. The fraction of sp³-hybridized carbons (Fsp3) is 0.0444. The molecule has 334 valence electrons. The molecule has 2 unspecified atom stereocenters. The molecular formula is C45H18F19Ga. The number of hydrogen-bond acceptors (Lipinski definition) is 0. The quantitative estimate of drug-likeness (QED) is 0.0491. The third-order valence-corrected chi connectivity index (χ3v) is 22.4. The minimum Gasteiger partial charge on any atom is -0.0622 e. The zero-order valence-electron chi connectivity index (χ0n) is 31.7. The Bertz CT molecular complexity index is 2640. The molecule has 0 aliphatic heterocycles. The summed E-state index contributed by atoms with van der Waals surface area (Å²) in [6.07, 6.45) is 0. The van der Waals surface area contributed by atoms with Crippen LogP contribution in [0.25, 0.3) is 0 Å². The Labute approximate surface area is 356 Å². The molecule has 0 bridgehead atoms. The van der Waals surface area contributed by atoms with E-state index in [1.165, 1.54) is 16.7 Å². The zero-order valence-corrected chi connectivity index (χ0v) is 34.1. The van der Waals surface area contributed by atoms with Gasteiger partial charge >= 0.3 is 232 Å². The summed E-state index contributed by atoms with van der Waals surface area (Å²) >= 11 is -9.30. The van der Waals surface area contributed by atoms with E-state index < -0.39 is 148 Å². The number of hydrogen-bond donors (Lipinski definition) is 0. The molecule has 0 heterocycles. The molecule has 0 spiro atoms. The summed E-state index contributed by atoms with van der Waals surface area (Å²) in [7, 11) is 0. The van der Waals surface area contributed by atoms with Crippen molar-refractivity contribution in [3.05, 3.63) is 230 Å². The third-order valence-electron chi connectivity index (χ3n) is 10.9. The van der Waals surface area contributed by atoms with Gasteiger partial charge in [0.15, 0.2) is 0 Å². The van der Waals surface area contributed by atoms with Crippen LogP contribution in [0.15, 0.2) is 97.1 Å². The maximum absolute atomic E-state index is 15.4. The molecule has 1 fully saturated rings. The van der Waals surface area contributed by atoms with Gasteiger partial charge < -0.3 is 0 Å². The van der Waals surface area contributed by atoms with Crippen molar-refractivity contribution in [2.75, 3.05) is 0 Å². The van der Waals surface area contributed by atoms with Crippen LogP contribution < -0.4 is 16.5 Å². The van der Waals surface area contributed by atoms with Crippen molar-refractivity contribution >= 4 is 31.5 Å². The van der Waals surface area contributed by atoms with E-state index in [4.69, 9.17) is 0 Å². The third kappa shape index (κ3) is 7.39. The maximum atomic E-state index is 15.4. The van der Waals surface area contributed by atoms with Gasteiger partial charge in [0.2, 0.25) is 0 Å². The number of halogens is 19. The van der Waals surface area contributed by atoms with E-state index in [0.717, 1.165) is 0 Å². The molecule has 65 heavy (non-hydrogen) atoms. The fourth-order valence-corrected chi connectivity index (χ4v) is 20.2. The first kappa shape index (κ1) is 46.7. The smallest absolute Gasteiger partial charge is 0.0622 e. The van der Waals surface area contributed by atoms with Crippen molar-refractivity contribution in [2.45, 2.75) is 11.8 Å². The fourth-order valence-electron chi connectivity index (χ4n) is 8.13. The van der Waals surface area contributed by atoms with Crippen LogP contribution in [0.1, 0.15) is 28.5 Å².